The Labute approximate surface area is 139 Å². The molecule has 24 heavy (non-hydrogen) atoms. The van der Waals surface area contributed by atoms with Crippen LogP contribution in [0.15, 0.2) is 54.6 Å². The zero-order valence-corrected chi connectivity index (χ0v) is 13.2. The lowest BCUT2D eigenvalue weighted by molar-refractivity contribution is -0.121. The first-order valence-corrected chi connectivity index (χ1v) is 8.03. The number of carbonyl (C=O) groups excluding carboxylic acids is 1. The highest BCUT2D eigenvalue weighted by Crippen LogP contribution is 2.42. The van der Waals surface area contributed by atoms with Gasteiger partial charge in [-0.1, -0.05) is 55.3 Å². The van der Waals surface area contributed by atoms with Crippen LogP contribution in [0.4, 0.5) is 14.5 Å². The van der Waals surface area contributed by atoms with Crippen LogP contribution in [-0.2, 0) is 10.2 Å². The minimum absolute atomic E-state index is 0.0259. The van der Waals surface area contributed by atoms with Crippen LogP contribution < -0.4 is 10.1 Å². The maximum absolute atomic E-state index is 13.0. The molecule has 0 atom stereocenters. The molecule has 1 fully saturated rings. The van der Waals surface area contributed by atoms with Gasteiger partial charge in [0.1, 0.15) is 5.75 Å². The zero-order valence-electron chi connectivity index (χ0n) is 13.2. The van der Waals surface area contributed by atoms with Crippen molar-refractivity contribution in [3.8, 4) is 5.75 Å². The Bertz CT molecular complexity index is 698. The van der Waals surface area contributed by atoms with Crippen LogP contribution in [0.1, 0.15) is 31.2 Å². The second-order valence-corrected chi connectivity index (χ2v) is 5.98. The Morgan fingerprint density at radius 2 is 1.62 bits per heavy atom. The third-order valence-corrected chi connectivity index (χ3v) is 4.57. The molecule has 2 aromatic carbocycles. The molecule has 0 saturated heterocycles. The van der Waals surface area contributed by atoms with Gasteiger partial charge in [0.05, 0.1) is 11.1 Å². The summed E-state index contributed by atoms with van der Waals surface area (Å²) in [5, 5.41) is 2.80. The largest absolute Gasteiger partial charge is 0.433 e. The van der Waals surface area contributed by atoms with Crippen LogP contribution >= 0.6 is 0 Å². The molecule has 0 spiro atoms. The summed E-state index contributed by atoms with van der Waals surface area (Å²) in [7, 11) is 0. The van der Waals surface area contributed by atoms with E-state index in [-0.39, 0.29) is 17.3 Å². The quantitative estimate of drug-likeness (QED) is 0.859. The maximum Gasteiger partial charge on any atom is 0.387 e. The third kappa shape index (κ3) is 3.25. The van der Waals surface area contributed by atoms with Crippen molar-refractivity contribution >= 4 is 11.6 Å². The van der Waals surface area contributed by atoms with Gasteiger partial charge in [0.15, 0.2) is 0 Å². The SMILES string of the molecule is O=C(Nc1ccccc1OC(F)F)C1(c2ccccc2)CCCC1. The molecule has 0 unspecified atom stereocenters. The van der Waals surface area contributed by atoms with Crippen molar-refractivity contribution in [2.75, 3.05) is 5.32 Å². The molecule has 0 aromatic heterocycles. The number of hydrogen-bond donors (Lipinski definition) is 1. The average Bonchev–Trinajstić information content (AvgIpc) is 3.08. The average molecular weight is 331 g/mol. The smallest absolute Gasteiger partial charge is 0.387 e. The molecule has 1 aliphatic rings. The fraction of sp³-hybridized carbons (Fsp3) is 0.316. The number of halogens is 2. The molecule has 0 radical (unpaired) electrons. The van der Waals surface area contributed by atoms with Gasteiger partial charge < -0.3 is 10.1 Å². The lowest BCUT2D eigenvalue weighted by Crippen LogP contribution is -2.38. The maximum atomic E-state index is 13.0. The molecule has 0 aliphatic heterocycles. The van der Waals surface area contributed by atoms with E-state index in [9.17, 15) is 13.6 Å². The molecular formula is C19H19F2NO2. The molecule has 1 amide bonds. The van der Waals surface area contributed by atoms with Crippen molar-refractivity contribution in [3.05, 3.63) is 60.2 Å². The minimum Gasteiger partial charge on any atom is -0.433 e. The Kier molecular flexibility index (Phi) is 4.79. The summed E-state index contributed by atoms with van der Waals surface area (Å²) in [4.78, 5) is 13.0. The van der Waals surface area contributed by atoms with Gasteiger partial charge in [0.2, 0.25) is 5.91 Å². The van der Waals surface area contributed by atoms with Crippen LogP contribution in [0.3, 0.4) is 0 Å². The molecule has 126 valence electrons. The molecule has 1 N–H and O–H groups in total. The van der Waals surface area contributed by atoms with Gasteiger partial charge in [-0.2, -0.15) is 8.78 Å². The normalized spacial score (nSPS) is 16.1. The van der Waals surface area contributed by atoms with Crippen LogP contribution in [-0.4, -0.2) is 12.5 Å². The predicted molar refractivity (Wildman–Crippen MR) is 88.3 cm³/mol. The Balaban J connectivity index is 1.88. The topological polar surface area (TPSA) is 38.3 Å². The summed E-state index contributed by atoms with van der Waals surface area (Å²) >= 11 is 0. The summed E-state index contributed by atoms with van der Waals surface area (Å²) in [5.74, 6) is -0.196. The number of alkyl halides is 2. The number of benzene rings is 2. The van der Waals surface area contributed by atoms with Crippen LogP contribution in [0.5, 0.6) is 5.75 Å². The lowest BCUT2D eigenvalue weighted by Gasteiger charge is -2.28. The van der Waals surface area contributed by atoms with Gasteiger partial charge in [-0.05, 0) is 30.5 Å². The monoisotopic (exact) mass is 331 g/mol. The van der Waals surface area contributed by atoms with E-state index in [1.165, 1.54) is 6.07 Å². The van der Waals surface area contributed by atoms with Gasteiger partial charge in [0.25, 0.3) is 0 Å². The predicted octanol–water partition coefficient (Wildman–Crippen LogP) is 4.74. The van der Waals surface area contributed by atoms with Gasteiger partial charge in [-0.25, -0.2) is 0 Å². The lowest BCUT2D eigenvalue weighted by atomic mass is 9.78. The van der Waals surface area contributed by atoms with Crippen molar-refractivity contribution in [2.24, 2.45) is 0 Å². The van der Waals surface area contributed by atoms with Crippen molar-refractivity contribution in [2.45, 2.75) is 37.7 Å². The van der Waals surface area contributed by atoms with Gasteiger partial charge in [-0.3, -0.25) is 4.79 Å². The summed E-state index contributed by atoms with van der Waals surface area (Å²) in [5.41, 5.74) is 0.622. The van der Waals surface area contributed by atoms with E-state index in [1.54, 1.807) is 18.2 Å². The Morgan fingerprint density at radius 3 is 2.29 bits per heavy atom. The highest BCUT2D eigenvalue weighted by molar-refractivity contribution is 6.00. The fourth-order valence-electron chi connectivity index (χ4n) is 3.39. The molecule has 1 aliphatic carbocycles. The summed E-state index contributed by atoms with van der Waals surface area (Å²) < 4.78 is 29.6. The van der Waals surface area contributed by atoms with Crippen molar-refractivity contribution < 1.29 is 18.3 Å². The summed E-state index contributed by atoms with van der Waals surface area (Å²) in [6, 6.07) is 15.9. The van der Waals surface area contributed by atoms with E-state index < -0.39 is 12.0 Å². The van der Waals surface area contributed by atoms with Crippen molar-refractivity contribution in [1.29, 1.82) is 0 Å². The van der Waals surface area contributed by atoms with Gasteiger partial charge in [0, 0.05) is 0 Å². The standard InChI is InChI=1S/C19H19F2NO2/c20-18(21)24-16-11-5-4-10-15(16)22-17(23)19(12-6-7-13-19)14-8-2-1-3-9-14/h1-5,8-11,18H,6-7,12-13H2,(H,22,23). The van der Waals surface area contributed by atoms with Gasteiger partial charge in [-0.15, -0.1) is 0 Å². The van der Waals surface area contributed by atoms with Crippen LogP contribution in [0, 0.1) is 0 Å². The first kappa shape index (κ1) is 16.4. The van der Waals surface area contributed by atoms with E-state index in [0.29, 0.717) is 0 Å². The first-order chi connectivity index (χ1) is 11.6. The Hall–Kier alpha value is -2.43. The fourth-order valence-corrected chi connectivity index (χ4v) is 3.39. The molecular weight excluding hydrogens is 312 g/mol. The molecule has 3 nitrogen and oxygen atoms in total. The second kappa shape index (κ2) is 6.99. The highest BCUT2D eigenvalue weighted by Gasteiger charge is 2.42. The molecule has 0 heterocycles. The number of amides is 1. The number of hydrogen-bond acceptors (Lipinski definition) is 2. The third-order valence-electron chi connectivity index (χ3n) is 4.57. The van der Waals surface area contributed by atoms with Crippen LogP contribution in [0.25, 0.3) is 0 Å². The summed E-state index contributed by atoms with van der Waals surface area (Å²) in [6.45, 7) is -2.93. The summed E-state index contributed by atoms with van der Waals surface area (Å²) in [6.07, 6.45) is 3.44. The minimum atomic E-state index is -2.93. The van der Waals surface area contributed by atoms with Crippen molar-refractivity contribution in [1.82, 2.24) is 0 Å². The van der Waals surface area contributed by atoms with E-state index in [2.05, 4.69) is 10.1 Å². The van der Waals surface area contributed by atoms with Crippen LogP contribution in [0.2, 0.25) is 0 Å². The van der Waals surface area contributed by atoms with E-state index in [1.807, 2.05) is 30.3 Å². The number of nitrogens with one attached hydrogen (secondary N) is 1. The zero-order chi connectivity index (χ0) is 17.0. The van der Waals surface area contributed by atoms with Gasteiger partial charge >= 0.3 is 6.61 Å². The highest BCUT2D eigenvalue weighted by atomic mass is 19.3. The van der Waals surface area contributed by atoms with E-state index >= 15 is 0 Å². The molecule has 1 saturated carbocycles. The van der Waals surface area contributed by atoms with Crippen molar-refractivity contribution in [3.63, 3.8) is 0 Å². The number of para-hydroxylation sites is 2. The second-order valence-electron chi connectivity index (χ2n) is 5.98. The number of rotatable bonds is 5. The number of anilines is 1. The van der Waals surface area contributed by atoms with E-state index in [4.69, 9.17) is 0 Å². The number of ether oxygens (including phenoxy) is 1. The van der Waals surface area contributed by atoms with E-state index in [0.717, 1.165) is 31.2 Å². The molecule has 0 bridgehead atoms. The Morgan fingerprint density at radius 1 is 1.00 bits per heavy atom. The molecule has 2 aromatic rings. The number of carbonyl (C=O) groups is 1. The first-order valence-electron chi connectivity index (χ1n) is 8.03. The molecule has 3 rings (SSSR count). The molecule has 5 heteroatoms.